The minimum absolute atomic E-state index is 0.0212. The second kappa shape index (κ2) is 8.95. The van der Waals surface area contributed by atoms with Crippen LogP contribution in [0.5, 0.6) is 0 Å². The highest BCUT2D eigenvalue weighted by Gasteiger charge is 2.29. The van der Waals surface area contributed by atoms with Crippen LogP contribution in [-0.4, -0.2) is 44.9 Å². The number of nitrogens with one attached hydrogen (secondary N) is 2. The summed E-state index contributed by atoms with van der Waals surface area (Å²) < 4.78 is 37.2. The number of hydrogen-bond donors (Lipinski definition) is 3. The fourth-order valence-corrected chi connectivity index (χ4v) is 3.82. The van der Waals surface area contributed by atoms with Crippen LogP contribution < -0.4 is 15.8 Å². The van der Waals surface area contributed by atoms with Crippen LogP contribution >= 0.6 is 0 Å². The first-order valence-corrected chi connectivity index (χ1v) is 11.0. The smallest absolute Gasteiger partial charge is 0.249 e. The molecule has 1 amide bonds. The van der Waals surface area contributed by atoms with Crippen LogP contribution in [0.3, 0.4) is 0 Å². The highest BCUT2D eigenvalue weighted by Crippen LogP contribution is 2.25. The lowest BCUT2D eigenvalue weighted by atomic mass is 10.0. The molecule has 0 spiro atoms. The van der Waals surface area contributed by atoms with E-state index in [2.05, 4.69) is 17.2 Å². The Labute approximate surface area is 175 Å². The molecule has 1 aliphatic heterocycles. The Morgan fingerprint density at radius 1 is 1.33 bits per heavy atom. The molecule has 30 heavy (non-hydrogen) atoms. The number of nitrogens with zero attached hydrogens (tertiary/aromatic N) is 1. The summed E-state index contributed by atoms with van der Waals surface area (Å²) in [5, 5.41) is 11.5. The molecule has 3 rings (SSSR count). The van der Waals surface area contributed by atoms with Crippen molar-refractivity contribution < 1.29 is 17.6 Å². The highest BCUT2D eigenvalue weighted by molar-refractivity contribution is 7.89. The number of anilines is 1. The molecule has 1 unspecified atom stereocenters. The van der Waals surface area contributed by atoms with Crippen molar-refractivity contribution in [3.63, 3.8) is 0 Å². The van der Waals surface area contributed by atoms with Crippen LogP contribution in [0.1, 0.15) is 17.2 Å². The van der Waals surface area contributed by atoms with Crippen LogP contribution in [0.4, 0.5) is 10.1 Å². The van der Waals surface area contributed by atoms with Crippen molar-refractivity contribution >= 4 is 21.6 Å². The van der Waals surface area contributed by atoms with Crippen molar-refractivity contribution in [2.75, 3.05) is 25.0 Å². The molecular weight excluding hydrogens is 407 g/mol. The van der Waals surface area contributed by atoms with E-state index in [4.69, 9.17) is 5.14 Å². The maximum atomic E-state index is 14.2. The fraction of sp³-hybridized carbons (Fsp3) is 0.286. The molecule has 1 aliphatic rings. The summed E-state index contributed by atoms with van der Waals surface area (Å²) in [6.07, 6.45) is 1.75. The van der Waals surface area contributed by atoms with E-state index in [1.807, 2.05) is 0 Å². The summed E-state index contributed by atoms with van der Waals surface area (Å²) in [4.78, 5) is 15.0. The first kappa shape index (κ1) is 21.9. The van der Waals surface area contributed by atoms with E-state index in [0.29, 0.717) is 36.4 Å². The molecule has 2 aromatic carbocycles. The largest absolute Gasteiger partial charge is 0.370 e. The second-order valence-electron chi connectivity index (χ2n) is 7.24. The number of carbonyl (C=O) groups excluding carboxylic acids is 1. The van der Waals surface area contributed by atoms with E-state index in [9.17, 15) is 17.6 Å². The number of piperazine rings is 1. The lowest BCUT2D eigenvalue weighted by molar-refractivity contribution is -0.133. The molecule has 7 nitrogen and oxygen atoms in total. The summed E-state index contributed by atoms with van der Waals surface area (Å²) in [6, 6.07) is 9.57. The predicted octanol–water partition coefficient (Wildman–Crippen LogP) is 1.92. The molecule has 1 saturated heterocycles. The summed E-state index contributed by atoms with van der Waals surface area (Å²) in [7, 11) is -3.82. The molecule has 1 heterocycles. The minimum atomic E-state index is -3.82. The first-order valence-electron chi connectivity index (χ1n) is 9.49. The van der Waals surface area contributed by atoms with E-state index in [-0.39, 0.29) is 16.8 Å². The molecule has 0 saturated carbocycles. The maximum absolute atomic E-state index is 14.2. The van der Waals surface area contributed by atoms with E-state index in [1.165, 1.54) is 30.3 Å². The van der Waals surface area contributed by atoms with Gasteiger partial charge in [0.1, 0.15) is 11.9 Å². The SMILES string of the molecule is C=CC1CN(C(=O)[C@@H](Nc2ccc(S(N)(=O)=O)cc2)c2ccc(C)c(F)c2)CCN1. The number of carbonyl (C=O) groups is 1. The van der Waals surface area contributed by atoms with Gasteiger partial charge in [-0.1, -0.05) is 18.2 Å². The van der Waals surface area contributed by atoms with Crippen molar-refractivity contribution in [3.05, 3.63) is 72.1 Å². The van der Waals surface area contributed by atoms with Crippen LogP contribution in [0, 0.1) is 12.7 Å². The summed E-state index contributed by atoms with van der Waals surface area (Å²) in [6.45, 7) is 7.02. The molecule has 160 valence electrons. The van der Waals surface area contributed by atoms with Gasteiger partial charge in [0.25, 0.3) is 0 Å². The van der Waals surface area contributed by atoms with Crippen molar-refractivity contribution in [2.45, 2.75) is 23.9 Å². The number of rotatable bonds is 6. The van der Waals surface area contributed by atoms with Crippen LogP contribution in [-0.2, 0) is 14.8 Å². The zero-order valence-corrected chi connectivity index (χ0v) is 17.5. The number of aryl methyl sites for hydroxylation is 1. The predicted molar refractivity (Wildman–Crippen MR) is 114 cm³/mol. The quantitative estimate of drug-likeness (QED) is 0.605. The Bertz CT molecular complexity index is 1040. The Hall–Kier alpha value is -2.75. The first-order chi connectivity index (χ1) is 14.2. The maximum Gasteiger partial charge on any atom is 0.249 e. The number of amides is 1. The number of nitrogens with two attached hydrogens (primary N) is 1. The van der Waals surface area contributed by atoms with Gasteiger partial charge in [0, 0.05) is 31.4 Å². The normalized spacial score (nSPS) is 18.0. The van der Waals surface area contributed by atoms with Gasteiger partial charge in [-0.15, -0.1) is 6.58 Å². The van der Waals surface area contributed by atoms with E-state index in [0.717, 1.165) is 0 Å². The zero-order valence-electron chi connectivity index (χ0n) is 16.6. The molecule has 9 heteroatoms. The standard InChI is InChI=1S/C21H25FN4O3S/c1-3-16-13-26(11-10-24-16)21(27)20(15-5-4-14(2)19(22)12-15)25-17-6-8-18(9-7-17)30(23,28)29/h3-9,12,16,20,24-25H,1,10-11,13H2,2H3,(H2,23,28,29)/t16?,20-/m0/s1. The van der Waals surface area contributed by atoms with Gasteiger partial charge >= 0.3 is 0 Å². The average molecular weight is 433 g/mol. The van der Waals surface area contributed by atoms with Gasteiger partial charge in [-0.25, -0.2) is 17.9 Å². The third-order valence-electron chi connectivity index (χ3n) is 5.07. The molecule has 0 aromatic heterocycles. The lowest BCUT2D eigenvalue weighted by Gasteiger charge is -2.35. The molecule has 4 N–H and O–H groups in total. The van der Waals surface area contributed by atoms with Crippen LogP contribution in [0.15, 0.2) is 60.0 Å². The molecule has 0 bridgehead atoms. The van der Waals surface area contributed by atoms with Crippen molar-refractivity contribution in [3.8, 4) is 0 Å². The number of benzene rings is 2. The Morgan fingerprint density at radius 3 is 2.63 bits per heavy atom. The molecule has 1 fully saturated rings. The van der Waals surface area contributed by atoms with Crippen molar-refractivity contribution in [1.82, 2.24) is 10.2 Å². The summed E-state index contributed by atoms with van der Waals surface area (Å²) in [5.41, 5.74) is 1.47. The van der Waals surface area contributed by atoms with Crippen LogP contribution in [0.2, 0.25) is 0 Å². The zero-order chi connectivity index (χ0) is 21.9. The van der Waals surface area contributed by atoms with Gasteiger partial charge < -0.3 is 15.5 Å². The average Bonchev–Trinajstić information content (AvgIpc) is 2.73. The Morgan fingerprint density at radius 2 is 2.03 bits per heavy atom. The monoisotopic (exact) mass is 432 g/mol. The van der Waals surface area contributed by atoms with Crippen molar-refractivity contribution in [1.29, 1.82) is 0 Å². The topological polar surface area (TPSA) is 105 Å². The molecule has 2 atom stereocenters. The number of hydrogen-bond acceptors (Lipinski definition) is 5. The van der Waals surface area contributed by atoms with Gasteiger partial charge in [-0.05, 0) is 48.4 Å². The molecule has 0 aliphatic carbocycles. The van der Waals surface area contributed by atoms with Gasteiger partial charge in [0.15, 0.2) is 0 Å². The second-order valence-corrected chi connectivity index (χ2v) is 8.80. The molecular formula is C21H25FN4O3S. The Kier molecular flexibility index (Phi) is 6.55. The summed E-state index contributed by atoms with van der Waals surface area (Å²) in [5.74, 6) is -0.608. The van der Waals surface area contributed by atoms with E-state index < -0.39 is 21.9 Å². The number of sulfonamides is 1. The number of primary sulfonamides is 1. The Balaban J connectivity index is 1.92. The fourth-order valence-electron chi connectivity index (χ4n) is 3.30. The molecule has 0 radical (unpaired) electrons. The minimum Gasteiger partial charge on any atom is -0.370 e. The molecule has 2 aromatic rings. The van der Waals surface area contributed by atoms with Gasteiger partial charge in [0.05, 0.1) is 4.90 Å². The van der Waals surface area contributed by atoms with E-state index >= 15 is 0 Å². The third kappa shape index (κ3) is 5.05. The van der Waals surface area contributed by atoms with Gasteiger partial charge in [-0.2, -0.15) is 0 Å². The van der Waals surface area contributed by atoms with Gasteiger partial charge in [0.2, 0.25) is 15.9 Å². The lowest BCUT2D eigenvalue weighted by Crippen LogP contribution is -2.53. The van der Waals surface area contributed by atoms with Crippen LogP contribution in [0.25, 0.3) is 0 Å². The highest BCUT2D eigenvalue weighted by atomic mass is 32.2. The number of halogens is 1. The third-order valence-corrected chi connectivity index (χ3v) is 6.00. The van der Waals surface area contributed by atoms with E-state index in [1.54, 1.807) is 30.0 Å². The van der Waals surface area contributed by atoms with Gasteiger partial charge in [-0.3, -0.25) is 4.79 Å². The summed E-state index contributed by atoms with van der Waals surface area (Å²) >= 11 is 0. The van der Waals surface area contributed by atoms with Crippen molar-refractivity contribution in [2.24, 2.45) is 5.14 Å².